The number of likely N-dealkylation sites (N-methyl/N-ethyl adjacent to an activating group) is 1. The van der Waals surface area contributed by atoms with Gasteiger partial charge in [-0.15, -0.1) is 0 Å². The highest BCUT2D eigenvalue weighted by Crippen LogP contribution is 2.25. The van der Waals surface area contributed by atoms with Gasteiger partial charge < -0.3 is 19.6 Å². The second kappa shape index (κ2) is 7.45. The minimum Gasteiger partial charge on any atom is -0.339 e. The Balaban J connectivity index is 1.69. The molecule has 1 aliphatic heterocycles. The molecule has 1 aromatic heterocycles. The Hall–Kier alpha value is -2.06. The van der Waals surface area contributed by atoms with E-state index >= 15 is 0 Å². The van der Waals surface area contributed by atoms with Crippen molar-refractivity contribution in [2.24, 2.45) is 0 Å². The largest absolute Gasteiger partial charge is 0.339 e. The van der Waals surface area contributed by atoms with E-state index in [-0.39, 0.29) is 6.03 Å². The molecule has 1 N–H and O–H groups in total. The first-order valence-corrected chi connectivity index (χ1v) is 9.42. The van der Waals surface area contributed by atoms with Gasteiger partial charge in [0.05, 0.1) is 0 Å². The van der Waals surface area contributed by atoms with Crippen LogP contribution in [0.2, 0.25) is 0 Å². The van der Waals surface area contributed by atoms with Gasteiger partial charge >= 0.3 is 6.03 Å². The van der Waals surface area contributed by atoms with Gasteiger partial charge in [0.2, 0.25) is 11.7 Å². The number of urea groups is 1. The maximum Gasteiger partial charge on any atom is 0.321 e. The number of hydrogen-bond donors (Lipinski definition) is 1. The number of thioether (sulfide) groups is 1. The minimum absolute atomic E-state index is 0.0788. The van der Waals surface area contributed by atoms with Crippen LogP contribution in [0.3, 0.4) is 0 Å². The Labute approximate surface area is 151 Å². The molecule has 2 heterocycles. The average Bonchev–Trinajstić information content (AvgIpc) is 3.21. The zero-order chi connectivity index (χ0) is 18.0. The van der Waals surface area contributed by atoms with Crippen LogP contribution < -0.4 is 5.32 Å². The summed E-state index contributed by atoms with van der Waals surface area (Å²) in [6.45, 7) is 3.23. The third kappa shape index (κ3) is 3.96. The van der Waals surface area contributed by atoms with Gasteiger partial charge in [-0.25, -0.2) is 4.79 Å². The van der Waals surface area contributed by atoms with Gasteiger partial charge in [0.25, 0.3) is 0 Å². The Kier molecular flexibility index (Phi) is 5.29. The number of likely N-dealkylation sites (tertiary alicyclic amines) is 1. The molecule has 2 amide bonds. The Bertz CT molecular complexity index is 748. The van der Waals surface area contributed by atoms with Gasteiger partial charge in [-0.05, 0) is 32.5 Å². The molecule has 25 heavy (non-hydrogen) atoms. The minimum atomic E-state index is -0.0788. The zero-order valence-corrected chi connectivity index (χ0v) is 15.7. The van der Waals surface area contributed by atoms with Crippen molar-refractivity contribution in [2.75, 3.05) is 38.8 Å². The Morgan fingerprint density at radius 3 is 2.80 bits per heavy atom. The number of rotatable bonds is 4. The van der Waals surface area contributed by atoms with Gasteiger partial charge in [0, 0.05) is 42.6 Å². The number of hydrogen-bond acceptors (Lipinski definition) is 6. The Morgan fingerprint density at radius 2 is 2.20 bits per heavy atom. The summed E-state index contributed by atoms with van der Waals surface area (Å²) in [5.41, 5.74) is 1.53. The predicted octanol–water partition coefficient (Wildman–Crippen LogP) is 2.55. The highest BCUT2D eigenvalue weighted by molar-refractivity contribution is 7.99. The highest BCUT2D eigenvalue weighted by atomic mass is 32.2. The molecule has 0 aliphatic carbocycles. The molecule has 2 aromatic rings. The molecule has 1 saturated heterocycles. The van der Waals surface area contributed by atoms with Crippen molar-refractivity contribution in [3.8, 4) is 11.4 Å². The van der Waals surface area contributed by atoms with E-state index in [0.717, 1.165) is 24.3 Å². The highest BCUT2D eigenvalue weighted by Gasteiger charge is 2.36. The maximum absolute atomic E-state index is 12.6. The summed E-state index contributed by atoms with van der Waals surface area (Å²) >= 11 is 1.81. The average molecular weight is 361 g/mol. The number of aromatic nitrogens is 2. The molecule has 0 radical (unpaired) electrons. The van der Waals surface area contributed by atoms with Crippen molar-refractivity contribution in [1.82, 2.24) is 19.9 Å². The number of benzene rings is 1. The van der Waals surface area contributed by atoms with Crippen molar-refractivity contribution in [2.45, 2.75) is 18.2 Å². The van der Waals surface area contributed by atoms with E-state index in [1.54, 1.807) is 6.92 Å². The van der Waals surface area contributed by atoms with Crippen molar-refractivity contribution >= 4 is 23.5 Å². The summed E-state index contributed by atoms with van der Waals surface area (Å²) in [5.74, 6) is 1.03. The first-order valence-electron chi connectivity index (χ1n) is 8.14. The molecule has 0 saturated carbocycles. The smallest absolute Gasteiger partial charge is 0.321 e. The Morgan fingerprint density at radius 1 is 1.40 bits per heavy atom. The molecule has 3 rings (SSSR count). The SMILES string of the molecule is CSC1CN(C(=O)Nc2cccc(-c3noc(C)n3)c2)CC1N(C)C. The van der Waals surface area contributed by atoms with E-state index in [1.807, 2.05) is 40.9 Å². The van der Waals surface area contributed by atoms with Crippen LogP contribution in [0.4, 0.5) is 10.5 Å². The molecular weight excluding hydrogens is 338 g/mol. The van der Waals surface area contributed by atoms with Crippen LogP contribution in [0.5, 0.6) is 0 Å². The monoisotopic (exact) mass is 361 g/mol. The lowest BCUT2D eigenvalue weighted by Gasteiger charge is -2.23. The lowest BCUT2D eigenvalue weighted by molar-refractivity contribution is 0.216. The first kappa shape index (κ1) is 17.8. The van der Waals surface area contributed by atoms with Gasteiger partial charge in [0.15, 0.2) is 0 Å². The molecular formula is C17H23N5O2S. The lowest BCUT2D eigenvalue weighted by atomic mass is 10.2. The van der Waals surface area contributed by atoms with Crippen molar-refractivity contribution in [3.05, 3.63) is 30.2 Å². The van der Waals surface area contributed by atoms with Crippen LogP contribution >= 0.6 is 11.8 Å². The first-order chi connectivity index (χ1) is 12.0. The maximum atomic E-state index is 12.6. The van der Waals surface area contributed by atoms with Gasteiger partial charge in [-0.2, -0.15) is 16.7 Å². The summed E-state index contributed by atoms with van der Waals surface area (Å²) < 4.78 is 5.02. The lowest BCUT2D eigenvalue weighted by Crippen LogP contribution is -2.38. The third-order valence-corrected chi connectivity index (χ3v) is 5.46. The fraction of sp³-hybridized carbons (Fsp3) is 0.471. The summed E-state index contributed by atoms with van der Waals surface area (Å²) in [5, 5.41) is 7.32. The number of carbonyl (C=O) groups is 1. The summed E-state index contributed by atoms with van der Waals surface area (Å²) in [6.07, 6.45) is 2.10. The number of anilines is 1. The fourth-order valence-electron chi connectivity index (χ4n) is 3.01. The van der Waals surface area contributed by atoms with Gasteiger partial charge in [-0.1, -0.05) is 17.3 Å². The number of aryl methyl sites for hydroxylation is 1. The van der Waals surface area contributed by atoms with E-state index in [9.17, 15) is 4.79 Å². The van der Waals surface area contributed by atoms with E-state index in [4.69, 9.17) is 4.52 Å². The van der Waals surface area contributed by atoms with Crippen molar-refractivity contribution in [3.63, 3.8) is 0 Å². The second-order valence-corrected chi connectivity index (χ2v) is 7.43. The van der Waals surface area contributed by atoms with Crippen LogP contribution in [0.25, 0.3) is 11.4 Å². The molecule has 1 aromatic carbocycles. The van der Waals surface area contributed by atoms with E-state index in [1.165, 1.54) is 0 Å². The quantitative estimate of drug-likeness (QED) is 0.902. The second-order valence-electron chi connectivity index (χ2n) is 6.36. The molecule has 1 aliphatic rings. The normalized spacial score (nSPS) is 20.3. The van der Waals surface area contributed by atoms with Crippen LogP contribution in [0, 0.1) is 6.92 Å². The van der Waals surface area contributed by atoms with Crippen LogP contribution in [-0.4, -0.2) is 70.7 Å². The fourth-order valence-corrected chi connectivity index (χ4v) is 3.98. The van der Waals surface area contributed by atoms with E-state index in [2.05, 4.69) is 40.7 Å². The van der Waals surface area contributed by atoms with Crippen LogP contribution in [0.15, 0.2) is 28.8 Å². The summed E-state index contributed by atoms with van der Waals surface area (Å²) in [4.78, 5) is 20.9. The zero-order valence-electron chi connectivity index (χ0n) is 14.9. The number of carbonyl (C=O) groups excluding carboxylic acids is 1. The number of amides is 2. The molecule has 2 unspecified atom stereocenters. The van der Waals surface area contributed by atoms with Crippen molar-refractivity contribution in [1.29, 1.82) is 0 Å². The summed E-state index contributed by atoms with van der Waals surface area (Å²) in [7, 11) is 4.12. The topological polar surface area (TPSA) is 74.5 Å². The number of nitrogens with one attached hydrogen (secondary N) is 1. The molecule has 1 fully saturated rings. The molecule has 8 heteroatoms. The van der Waals surface area contributed by atoms with E-state index < -0.39 is 0 Å². The molecule has 0 bridgehead atoms. The summed E-state index contributed by atoms with van der Waals surface area (Å²) in [6, 6.07) is 7.77. The van der Waals surface area contributed by atoms with Gasteiger partial charge in [-0.3, -0.25) is 0 Å². The van der Waals surface area contributed by atoms with Crippen molar-refractivity contribution < 1.29 is 9.32 Å². The van der Waals surface area contributed by atoms with Gasteiger partial charge in [0.1, 0.15) is 0 Å². The predicted molar refractivity (Wildman–Crippen MR) is 99.8 cm³/mol. The van der Waals surface area contributed by atoms with E-state index in [0.29, 0.717) is 23.0 Å². The molecule has 2 atom stereocenters. The molecule has 7 nitrogen and oxygen atoms in total. The third-order valence-electron chi connectivity index (χ3n) is 4.39. The molecule has 0 spiro atoms. The number of nitrogens with zero attached hydrogens (tertiary/aromatic N) is 4. The molecule has 134 valence electrons. The van der Waals surface area contributed by atoms with Crippen LogP contribution in [0.1, 0.15) is 5.89 Å². The van der Waals surface area contributed by atoms with Crippen LogP contribution in [-0.2, 0) is 0 Å². The standard InChI is InChI=1S/C17H23N5O2S/c1-11-18-16(20-24-11)12-6-5-7-13(8-12)19-17(23)22-9-14(21(2)3)15(10-22)25-4/h5-8,14-15H,9-10H2,1-4H3,(H,19,23).